The van der Waals surface area contributed by atoms with Gasteiger partial charge in [-0.1, -0.05) is 35.2 Å². The fourth-order valence-electron chi connectivity index (χ4n) is 3.25. The average molecular weight is 453 g/mol. The normalized spacial score (nSPS) is 14.1. The van der Waals surface area contributed by atoms with Crippen molar-refractivity contribution in [3.05, 3.63) is 59.9 Å². The molecule has 1 aliphatic rings. The minimum absolute atomic E-state index is 0.133. The monoisotopic (exact) mass is 452 g/mol. The lowest BCUT2D eigenvalue weighted by Crippen LogP contribution is -2.36. The number of carbonyl (C=O) groups excluding carboxylic acids is 1. The van der Waals surface area contributed by atoms with Gasteiger partial charge in [-0.05, 0) is 35.9 Å². The van der Waals surface area contributed by atoms with Gasteiger partial charge in [-0.15, -0.1) is 0 Å². The van der Waals surface area contributed by atoms with E-state index in [0.29, 0.717) is 5.56 Å². The number of nitrogens with zero attached hydrogens (tertiary/aromatic N) is 4. The van der Waals surface area contributed by atoms with Crippen molar-refractivity contribution in [3.8, 4) is 0 Å². The van der Waals surface area contributed by atoms with Crippen LogP contribution in [0.1, 0.15) is 15.9 Å². The second-order valence-corrected chi connectivity index (χ2v) is 8.98. The van der Waals surface area contributed by atoms with Gasteiger partial charge in [-0.2, -0.15) is 5.10 Å². The highest BCUT2D eigenvalue weighted by atomic mass is 32.2. The number of hydrogen-bond donors (Lipinski definition) is 2. The lowest BCUT2D eigenvalue weighted by molar-refractivity contribution is 0.102. The van der Waals surface area contributed by atoms with E-state index in [1.54, 1.807) is 23.1 Å². The highest BCUT2D eigenvalue weighted by molar-refractivity contribution is 7.98. The third-order valence-electron chi connectivity index (χ3n) is 4.90. The molecule has 5 rings (SSSR count). The van der Waals surface area contributed by atoms with Crippen LogP contribution in [0, 0.1) is 0 Å². The van der Waals surface area contributed by atoms with Crippen LogP contribution < -0.4 is 10.2 Å². The quantitative estimate of drug-likeness (QED) is 0.430. The number of morpholine rings is 1. The van der Waals surface area contributed by atoms with E-state index in [9.17, 15) is 4.79 Å². The third-order valence-corrected chi connectivity index (χ3v) is 6.93. The van der Waals surface area contributed by atoms with Crippen LogP contribution >= 0.6 is 23.1 Å². The minimum Gasteiger partial charge on any atom is -0.378 e. The van der Waals surface area contributed by atoms with Crippen LogP contribution in [-0.4, -0.2) is 52.4 Å². The first-order chi connectivity index (χ1) is 15.2. The van der Waals surface area contributed by atoms with Gasteiger partial charge in [0.1, 0.15) is 6.33 Å². The van der Waals surface area contributed by atoms with E-state index in [4.69, 9.17) is 9.72 Å². The van der Waals surface area contributed by atoms with Crippen LogP contribution in [-0.2, 0) is 10.5 Å². The molecule has 0 atom stereocenters. The van der Waals surface area contributed by atoms with Crippen LogP contribution in [0.2, 0.25) is 0 Å². The molecule has 1 fully saturated rings. The Kier molecular flexibility index (Phi) is 5.83. The lowest BCUT2D eigenvalue weighted by Gasteiger charge is -2.25. The first-order valence-corrected chi connectivity index (χ1v) is 11.7. The maximum absolute atomic E-state index is 12.7. The Morgan fingerprint density at radius 1 is 1.19 bits per heavy atom. The number of anilines is 2. The summed E-state index contributed by atoms with van der Waals surface area (Å²) in [4.78, 5) is 23.7. The van der Waals surface area contributed by atoms with Crippen molar-refractivity contribution in [2.75, 3.05) is 36.5 Å². The van der Waals surface area contributed by atoms with Gasteiger partial charge in [-0.25, -0.2) is 9.97 Å². The smallest absolute Gasteiger partial charge is 0.255 e. The van der Waals surface area contributed by atoms with E-state index in [1.165, 1.54) is 6.33 Å². The maximum atomic E-state index is 12.7. The number of hydrogen-bond acceptors (Lipinski definition) is 8. The van der Waals surface area contributed by atoms with Gasteiger partial charge in [-0.3, -0.25) is 9.89 Å². The summed E-state index contributed by atoms with van der Waals surface area (Å²) in [6, 6.07) is 13.4. The molecule has 2 aromatic carbocycles. The molecular weight excluding hydrogens is 432 g/mol. The summed E-state index contributed by atoms with van der Waals surface area (Å²) in [5.41, 5.74) is 3.43. The molecule has 31 heavy (non-hydrogen) atoms. The van der Waals surface area contributed by atoms with Gasteiger partial charge in [0.2, 0.25) is 0 Å². The molecule has 0 spiro atoms. The van der Waals surface area contributed by atoms with Gasteiger partial charge in [0, 0.05) is 30.1 Å². The van der Waals surface area contributed by atoms with Crippen molar-refractivity contribution in [3.63, 3.8) is 0 Å². The first kappa shape index (κ1) is 20.0. The molecule has 1 amide bonds. The number of fused-ring (bicyclic) bond motifs is 1. The molecule has 10 heteroatoms. The number of thiazole rings is 1. The molecule has 0 bridgehead atoms. The fraction of sp³-hybridized carbons (Fsp3) is 0.238. The summed E-state index contributed by atoms with van der Waals surface area (Å²) in [7, 11) is 0. The van der Waals surface area contributed by atoms with Gasteiger partial charge in [0.15, 0.2) is 10.3 Å². The standard InChI is InChI=1S/C21H20N6O2S2/c28-19(15-3-1-14(2-4-15)12-30-20-22-13-23-26-20)24-16-5-6-17-18(11-16)31-21(25-17)27-7-9-29-10-8-27/h1-6,11,13H,7-10,12H2,(H,24,28)(H,22,23,26). The number of thioether (sulfide) groups is 1. The molecule has 158 valence electrons. The molecule has 3 heterocycles. The summed E-state index contributed by atoms with van der Waals surface area (Å²) >= 11 is 3.21. The zero-order valence-electron chi connectivity index (χ0n) is 16.6. The molecule has 2 N–H and O–H groups in total. The first-order valence-electron chi connectivity index (χ1n) is 9.86. The van der Waals surface area contributed by atoms with Crippen molar-refractivity contribution >= 4 is 50.0 Å². The third kappa shape index (κ3) is 4.71. The predicted octanol–water partition coefficient (Wildman–Crippen LogP) is 3.80. The molecule has 2 aromatic heterocycles. The number of aromatic nitrogens is 4. The Labute approximate surface area is 187 Å². The van der Waals surface area contributed by atoms with E-state index >= 15 is 0 Å². The van der Waals surface area contributed by atoms with E-state index in [2.05, 4.69) is 25.4 Å². The molecule has 0 saturated carbocycles. The zero-order valence-corrected chi connectivity index (χ0v) is 18.2. The maximum Gasteiger partial charge on any atom is 0.255 e. The van der Waals surface area contributed by atoms with Crippen LogP contribution in [0.25, 0.3) is 10.2 Å². The molecule has 4 aromatic rings. The van der Waals surface area contributed by atoms with Crippen molar-refractivity contribution in [2.24, 2.45) is 0 Å². The Balaban J connectivity index is 1.24. The Morgan fingerprint density at radius 3 is 2.81 bits per heavy atom. The Hall–Kier alpha value is -2.95. The van der Waals surface area contributed by atoms with Crippen molar-refractivity contribution in [2.45, 2.75) is 10.9 Å². The predicted molar refractivity (Wildman–Crippen MR) is 123 cm³/mol. The van der Waals surface area contributed by atoms with Crippen molar-refractivity contribution in [1.82, 2.24) is 20.2 Å². The molecule has 1 saturated heterocycles. The number of nitrogens with one attached hydrogen (secondary N) is 2. The SMILES string of the molecule is O=C(Nc1ccc2nc(N3CCOCC3)sc2c1)c1ccc(CSc2ncn[nH]2)cc1. The number of carbonyl (C=O) groups is 1. The number of aromatic amines is 1. The fourth-order valence-corrected chi connectivity index (χ4v) is 5.04. The van der Waals surface area contributed by atoms with Crippen LogP contribution in [0.4, 0.5) is 10.8 Å². The van der Waals surface area contributed by atoms with Crippen LogP contribution in [0.3, 0.4) is 0 Å². The molecule has 1 aliphatic heterocycles. The second kappa shape index (κ2) is 9.04. The number of H-pyrrole nitrogens is 1. The van der Waals surface area contributed by atoms with Gasteiger partial charge >= 0.3 is 0 Å². The number of ether oxygens (including phenoxy) is 1. The van der Waals surface area contributed by atoms with Crippen LogP contribution in [0.15, 0.2) is 53.9 Å². The molecule has 0 radical (unpaired) electrons. The highest BCUT2D eigenvalue weighted by Gasteiger charge is 2.16. The van der Waals surface area contributed by atoms with Gasteiger partial charge < -0.3 is 15.0 Å². The number of rotatable bonds is 6. The van der Waals surface area contributed by atoms with Gasteiger partial charge in [0.05, 0.1) is 23.4 Å². The van der Waals surface area contributed by atoms with Gasteiger partial charge in [0.25, 0.3) is 5.91 Å². The second-order valence-electron chi connectivity index (χ2n) is 7.01. The Bertz CT molecular complexity index is 1170. The molecule has 0 unspecified atom stereocenters. The largest absolute Gasteiger partial charge is 0.378 e. The molecule has 0 aliphatic carbocycles. The van der Waals surface area contributed by atoms with Crippen LogP contribution in [0.5, 0.6) is 0 Å². The highest BCUT2D eigenvalue weighted by Crippen LogP contribution is 2.31. The summed E-state index contributed by atoms with van der Waals surface area (Å²) in [5, 5.41) is 11.4. The van der Waals surface area contributed by atoms with E-state index < -0.39 is 0 Å². The van der Waals surface area contributed by atoms with E-state index in [1.807, 2.05) is 42.5 Å². The average Bonchev–Trinajstić information content (AvgIpc) is 3.48. The molecular formula is C21H20N6O2S2. The summed E-state index contributed by atoms with van der Waals surface area (Å²) in [6.07, 6.45) is 1.49. The summed E-state index contributed by atoms with van der Waals surface area (Å²) in [6.45, 7) is 3.18. The molecule has 8 nitrogen and oxygen atoms in total. The van der Waals surface area contributed by atoms with E-state index in [0.717, 1.165) is 63.8 Å². The lowest BCUT2D eigenvalue weighted by atomic mass is 10.1. The van der Waals surface area contributed by atoms with E-state index in [-0.39, 0.29) is 5.91 Å². The zero-order chi connectivity index (χ0) is 21.0. The summed E-state index contributed by atoms with van der Waals surface area (Å²) < 4.78 is 6.47. The number of benzene rings is 2. The minimum atomic E-state index is -0.133. The Morgan fingerprint density at radius 2 is 2.03 bits per heavy atom. The summed E-state index contributed by atoms with van der Waals surface area (Å²) in [5.74, 6) is 0.622. The number of amides is 1. The topological polar surface area (TPSA) is 96.0 Å². The van der Waals surface area contributed by atoms with Crippen molar-refractivity contribution in [1.29, 1.82) is 0 Å². The van der Waals surface area contributed by atoms with Crippen molar-refractivity contribution < 1.29 is 9.53 Å².